The zero-order chi connectivity index (χ0) is 22.9. The first-order valence-electron chi connectivity index (χ1n) is 10.3. The first kappa shape index (κ1) is 22.8. The van der Waals surface area contributed by atoms with Gasteiger partial charge in [0.15, 0.2) is 16.7 Å². The van der Waals surface area contributed by atoms with Crippen LogP contribution in [0.3, 0.4) is 0 Å². The Bertz CT molecular complexity index is 1190. The molecule has 7 nitrogen and oxygen atoms in total. The van der Waals surface area contributed by atoms with E-state index in [0.29, 0.717) is 28.9 Å². The number of anilines is 2. The van der Waals surface area contributed by atoms with Gasteiger partial charge in [0.2, 0.25) is 0 Å². The summed E-state index contributed by atoms with van der Waals surface area (Å²) in [6, 6.07) is 17.4. The van der Waals surface area contributed by atoms with Crippen LogP contribution in [0.25, 0.3) is 0 Å². The Morgan fingerprint density at radius 2 is 1.91 bits per heavy atom. The molecule has 33 heavy (non-hydrogen) atoms. The van der Waals surface area contributed by atoms with Crippen LogP contribution in [0.2, 0.25) is 0 Å². The third-order valence-corrected chi connectivity index (χ3v) is 6.30. The van der Waals surface area contributed by atoms with Gasteiger partial charge in [0.1, 0.15) is 5.75 Å². The predicted octanol–water partition coefficient (Wildman–Crippen LogP) is 5.82. The number of aromatic nitrogens is 3. The number of nitrogens with zero attached hydrogens (tertiary/aromatic N) is 3. The van der Waals surface area contributed by atoms with Crippen LogP contribution in [0.5, 0.6) is 11.5 Å². The molecule has 2 N–H and O–H groups in total. The summed E-state index contributed by atoms with van der Waals surface area (Å²) in [5.74, 6) is 1.88. The SMILES string of the molecule is O=C(O)CCc1csc(Nc2ncc(SCCc3ccccn3)cc2Oc2ccccc2)n1. The molecule has 0 saturated carbocycles. The topological polar surface area (TPSA) is 97.2 Å². The average Bonchev–Trinajstić information content (AvgIpc) is 3.28. The molecule has 0 atom stereocenters. The second-order valence-electron chi connectivity index (χ2n) is 7.02. The normalized spacial score (nSPS) is 10.7. The number of aryl methyl sites for hydroxylation is 2. The van der Waals surface area contributed by atoms with Gasteiger partial charge >= 0.3 is 5.97 Å². The summed E-state index contributed by atoms with van der Waals surface area (Å²) in [5, 5.41) is 14.6. The van der Waals surface area contributed by atoms with Crippen LogP contribution in [0.1, 0.15) is 17.8 Å². The fraction of sp³-hybridized carbons (Fsp3) is 0.167. The third kappa shape index (κ3) is 7.03. The number of thiazole rings is 1. The molecule has 1 aromatic carbocycles. The minimum atomic E-state index is -0.839. The molecule has 0 unspecified atom stereocenters. The Kier molecular flexibility index (Phi) is 7.89. The Morgan fingerprint density at radius 3 is 2.70 bits per heavy atom. The van der Waals surface area contributed by atoms with Crippen LogP contribution in [0, 0.1) is 0 Å². The van der Waals surface area contributed by atoms with Gasteiger partial charge in [-0.3, -0.25) is 9.78 Å². The third-order valence-electron chi connectivity index (χ3n) is 4.52. The Balaban J connectivity index is 1.48. The van der Waals surface area contributed by atoms with Crippen molar-refractivity contribution in [3.05, 3.63) is 83.8 Å². The molecule has 0 bridgehead atoms. The molecular formula is C24H22N4O3S2. The number of hydrogen-bond donors (Lipinski definition) is 2. The highest BCUT2D eigenvalue weighted by Gasteiger charge is 2.12. The number of para-hydroxylation sites is 1. The van der Waals surface area contributed by atoms with Crippen LogP contribution < -0.4 is 10.1 Å². The number of carboxylic acid groups (broad SMARTS) is 1. The Labute approximate surface area is 199 Å². The van der Waals surface area contributed by atoms with Gasteiger partial charge in [-0.15, -0.1) is 23.1 Å². The van der Waals surface area contributed by atoms with Crippen LogP contribution in [-0.2, 0) is 17.6 Å². The van der Waals surface area contributed by atoms with Crippen LogP contribution in [0.4, 0.5) is 10.9 Å². The number of pyridine rings is 2. The van der Waals surface area contributed by atoms with Gasteiger partial charge in [-0.2, -0.15) is 0 Å². The molecule has 4 aromatic rings. The van der Waals surface area contributed by atoms with Crippen LogP contribution >= 0.6 is 23.1 Å². The molecule has 3 heterocycles. The minimum Gasteiger partial charge on any atom is -0.481 e. The number of hydrogen-bond acceptors (Lipinski definition) is 8. The average molecular weight is 479 g/mol. The summed E-state index contributed by atoms with van der Waals surface area (Å²) in [4.78, 5) is 25.2. The molecule has 3 aromatic heterocycles. The number of benzene rings is 1. The molecule has 9 heteroatoms. The first-order chi connectivity index (χ1) is 16.2. The fourth-order valence-corrected chi connectivity index (χ4v) is 4.54. The van der Waals surface area contributed by atoms with E-state index in [1.165, 1.54) is 11.3 Å². The van der Waals surface area contributed by atoms with E-state index in [-0.39, 0.29) is 6.42 Å². The summed E-state index contributed by atoms with van der Waals surface area (Å²) >= 11 is 3.09. The van der Waals surface area contributed by atoms with E-state index in [0.717, 1.165) is 28.5 Å². The van der Waals surface area contributed by atoms with E-state index in [9.17, 15) is 4.79 Å². The van der Waals surface area contributed by atoms with Crippen molar-refractivity contribution in [3.8, 4) is 11.5 Å². The largest absolute Gasteiger partial charge is 0.481 e. The lowest BCUT2D eigenvalue weighted by molar-refractivity contribution is -0.136. The zero-order valence-electron chi connectivity index (χ0n) is 17.7. The number of carboxylic acids is 1. The van der Waals surface area contributed by atoms with Gasteiger partial charge in [-0.25, -0.2) is 9.97 Å². The molecule has 168 valence electrons. The van der Waals surface area contributed by atoms with Gasteiger partial charge in [0, 0.05) is 40.5 Å². The van der Waals surface area contributed by atoms with Crippen molar-refractivity contribution in [1.82, 2.24) is 15.0 Å². The highest BCUT2D eigenvalue weighted by Crippen LogP contribution is 2.34. The lowest BCUT2D eigenvalue weighted by atomic mass is 10.2. The second-order valence-corrected chi connectivity index (χ2v) is 9.04. The van der Waals surface area contributed by atoms with Crippen LogP contribution in [0.15, 0.2) is 77.3 Å². The number of nitrogens with one attached hydrogen (secondary N) is 1. The van der Waals surface area contributed by atoms with Crippen molar-refractivity contribution in [2.45, 2.75) is 24.2 Å². The maximum atomic E-state index is 10.8. The van der Waals surface area contributed by atoms with Crippen molar-refractivity contribution in [2.24, 2.45) is 0 Å². The van der Waals surface area contributed by atoms with Gasteiger partial charge in [0.05, 0.1) is 12.1 Å². The molecule has 0 aliphatic carbocycles. The summed E-state index contributed by atoms with van der Waals surface area (Å²) in [6.45, 7) is 0. The van der Waals surface area contributed by atoms with Crippen molar-refractivity contribution in [1.29, 1.82) is 0 Å². The molecule has 4 rings (SSSR count). The second kappa shape index (κ2) is 11.4. The predicted molar refractivity (Wildman–Crippen MR) is 131 cm³/mol. The van der Waals surface area contributed by atoms with E-state index in [4.69, 9.17) is 9.84 Å². The van der Waals surface area contributed by atoms with E-state index in [1.54, 1.807) is 18.0 Å². The van der Waals surface area contributed by atoms with Crippen LogP contribution in [-0.4, -0.2) is 31.8 Å². The van der Waals surface area contributed by atoms with Gasteiger partial charge in [-0.05, 0) is 36.8 Å². The van der Waals surface area contributed by atoms with Crippen molar-refractivity contribution < 1.29 is 14.6 Å². The summed E-state index contributed by atoms with van der Waals surface area (Å²) in [5.41, 5.74) is 1.79. The molecule has 0 fully saturated rings. The molecular weight excluding hydrogens is 456 g/mol. The molecule has 0 aliphatic rings. The summed E-state index contributed by atoms with van der Waals surface area (Å²) in [6.07, 6.45) is 4.91. The zero-order valence-corrected chi connectivity index (χ0v) is 19.3. The van der Waals surface area contributed by atoms with E-state index >= 15 is 0 Å². The maximum absolute atomic E-state index is 10.8. The quantitative estimate of drug-likeness (QED) is 0.260. The number of aliphatic carboxylic acids is 1. The molecule has 0 spiro atoms. The van der Waals surface area contributed by atoms with Crippen molar-refractivity contribution >= 4 is 40.0 Å². The fourth-order valence-electron chi connectivity index (χ4n) is 2.93. The molecule has 0 saturated heterocycles. The summed E-state index contributed by atoms with van der Waals surface area (Å²) < 4.78 is 6.12. The Hall–Kier alpha value is -3.43. The van der Waals surface area contributed by atoms with Gasteiger partial charge < -0.3 is 15.2 Å². The van der Waals surface area contributed by atoms with E-state index in [1.807, 2.05) is 66.2 Å². The highest BCUT2D eigenvalue weighted by molar-refractivity contribution is 7.99. The number of thioether (sulfide) groups is 1. The van der Waals surface area contributed by atoms with Gasteiger partial charge in [-0.1, -0.05) is 24.3 Å². The highest BCUT2D eigenvalue weighted by atomic mass is 32.2. The lowest BCUT2D eigenvalue weighted by Crippen LogP contribution is -2.00. The molecule has 0 aliphatic heterocycles. The van der Waals surface area contributed by atoms with Crippen molar-refractivity contribution in [3.63, 3.8) is 0 Å². The number of carbonyl (C=O) groups is 1. The lowest BCUT2D eigenvalue weighted by Gasteiger charge is -2.12. The number of ether oxygens (including phenoxy) is 1. The standard InChI is InChI=1S/C24H22N4O3S2/c29-22(30)10-9-18-16-33-24(27-18)28-23-21(31-19-7-2-1-3-8-19)14-20(15-26-23)32-13-11-17-6-4-5-12-25-17/h1-8,12,14-16H,9-11,13H2,(H,29,30)(H,26,27,28). The Morgan fingerprint density at radius 1 is 1.06 bits per heavy atom. The van der Waals surface area contributed by atoms with E-state index < -0.39 is 5.97 Å². The summed E-state index contributed by atoms with van der Waals surface area (Å²) in [7, 11) is 0. The molecule has 0 amide bonds. The molecule has 0 radical (unpaired) electrons. The first-order valence-corrected chi connectivity index (χ1v) is 12.2. The minimum absolute atomic E-state index is 0.0498. The van der Waals surface area contributed by atoms with Crippen molar-refractivity contribution in [2.75, 3.05) is 11.1 Å². The van der Waals surface area contributed by atoms with Gasteiger partial charge in [0.25, 0.3) is 0 Å². The number of rotatable bonds is 11. The smallest absolute Gasteiger partial charge is 0.303 e. The monoisotopic (exact) mass is 478 g/mol. The maximum Gasteiger partial charge on any atom is 0.303 e. The van der Waals surface area contributed by atoms with E-state index in [2.05, 4.69) is 20.3 Å².